The number of aliphatic hydroxyl groups is 1. The van der Waals surface area contributed by atoms with Gasteiger partial charge in [0.1, 0.15) is 11.8 Å². The largest absolute Gasteiger partial charge is 0.459 e. The van der Waals surface area contributed by atoms with Crippen molar-refractivity contribution in [1.82, 2.24) is 0 Å². The molecule has 0 spiro atoms. The Balaban J connectivity index is 1.97. The summed E-state index contributed by atoms with van der Waals surface area (Å²) in [6, 6.07) is 8.92. The Morgan fingerprint density at radius 2 is 1.95 bits per heavy atom. The van der Waals surface area contributed by atoms with Crippen LogP contribution in [0.15, 0.2) is 30.3 Å². The Hall–Kier alpha value is -1.16. The maximum Gasteiger partial charge on any atom is 0.318 e. The van der Waals surface area contributed by atoms with E-state index >= 15 is 0 Å². The zero-order valence-electron chi connectivity index (χ0n) is 12.7. The van der Waals surface area contributed by atoms with Crippen molar-refractivity contribution in [2.24, 2.45) is 0 Å². The topological polar surface area (TPSA) is 83.8 Å². The van der Waals surface area contributed by atoms with E-state index in [-0.39, 0.29) is 6.16 Å². The van der Waals surface area contributed by atoms with Crippen molar-refractivity contribution in [3.05, 3.63) is 35.9 Å². The third-order valence-corrected chi connectivity index (χ3v) is 6.37. The van der Waals surface area contributed by atoms with E-state index in [0.717, 1.165) is 12.8 Å². The molecule has 4 unspecified atom stereocenters. The lowest BCUT2D eigenvalue weighted by molar-refractivity contribution is -0.156. The number of aliphatic hydroxyl groups excluding tert-OH is 1. The quantitative estimate of drug-likeness (QED) is 0.642. The molecule has 6 heteroatoms. The first-order valence-electron chi connectivity index (χ1n) is 7.64. The van der Waals surface area contributed by atoms with Gasteiger partial charge in [-0.25, -0.2) is 0 Å². The molecule has 0 aliphatic heterocycles. The highest BCUT2D eigenvalue weighted by Gasteiger charge is 2.37. The lowest BCUT2D eigenvalue weighted by Gasteiger charge is -2.29. The van der Waals surface area contributed by atoms with E-state index in [0.29, 0.717) is 18.4 Å². The van der Waals surface area contributed by atoms with Gasteiger partial charge in [-0.3, -0.25) is 9.36 Å². The van der Waals surface area contributed by atoms with Gasteiger partial charge in [-0.2, -0.15) is 0 Å². The highest BCUT2D eigenvalue weighted by molar-refractivity contribution is 7.58. The molecule has 22 heavy (non-hydrogen) atoms. The second kappa shape index (κ2) is 7.40. The number of carbonyl (C=O) groups is 1. The third kappa shape index (κ3) is 4.42. The summed E-state index contributed by atoms with van der Waals surface area (Å²) < 4.78 is 17.7. The molecular formula is C16H23O5P. The van der Waals surface area contributed by atoms with Crippen molar-refractivity contribution < 1.29 is 24.1 Å². The molecule has 1 fully saturated rings. The molecule has 0 heterocycles. The molecule has 1 aromatic rings. The van der Waals surface area contributed by atoms with Crippen LogP contribution in [-0.4, -0.2) is 33.8 Å². The predicted octanol–water partition coefficient (Wildman–Crippen LogP) is 2.69. The van der Waals surface area contributed by atoms with E-state index in [1.54, 1.807) is 24.3 Å². The van der Waals surface area contributed by atoms with Crippen LogP contribution < -0.4 is 0 Å². The molecular weight excluding hydrogens is 303 g/mol. The molecule has 122 valence electrons. The summed E-state index contributed by atoms with van der Waals surface area (Å²) in [5, 5.41) is 9.83. The molecule has 1 aromatic carbocycles. The lowest BCUT2D eigenvalue weighted by atomic mass is 9.95. The predicted molar refractivity (Wildman–Crippen MR) is 83.8 cm³/mol. The van der Waals surface area contributed by atoms with Crippen LogP contribution in [0.1, 0.15) is 38.2 Å². The number of esters is 1. The average Bonchev–Trinajstić information content (AvgIpc) is 2.49. The van der Waals surface area contributed by atoms with Crippen molar-refractivity contribution in [3.63, 3.8) is 0 Å². The first-order chi connectivity index (χ1) is 10.4. The van der Waals surface area contributed by atoms with E-state index in [4.69, 9.17) is 4.74 Å². The smallest absolute Gasteiger partial charge is 0.318 e. The van der Waals surface area contributed by atoms with Gasteiger partial charge in [-0.15, -0.1) is 0 Å². The summed E-state index contributed by atoms with van der Waals surface area (Å²) in [7, 11) is -3.71. The van der Waals surface area contributed by atoms with E-state index in [1.165, 1.54) is 6.92 Å². The van der Waals surface area contributed by atoms with Crippen molar-refractivity contribution >= 4 is 13.3 Å². The van der Waals surface area contributed by atoms with Gasteiger partial charge in [0.05, 0.1) is 12.3 Å². The fourth-order valence-corrected chi connectivity index (χ4v) is 4.01. The van der Waals surface area contributed by atoms with Crippen molar-refractivity contribution in [2.45, 2.75) is 56.6 Å². The van der Waals surface area contributed by atoms with Crippen molar-refractivity contribution in [3.8, 4) is 0 Å². The molecule has 0 aromatic heterocycles. The van der Waals surface area contributed by atoms with E-state index < -0.39 is 31.2 Å². The minimum Gasteiger partial charge on any atom is -0.459 e. The summed E-state index contributed by atoms with van der Waals surface area (Å²) in [6.45, 7) is 1.42. The van der Waals surface area contributed by atoms with Crippen LogP contribution in [-0.2, 0) is 20.3 Å². The van der Waals surface area contributed by atoms with Gasteiger partial charge < -0.3 is 14.7 Å². The van der Waals surface area contributed by atoms with Crippen molar-refractivity contribution in [1.29, 1.82) is 0 Å². The first kappa shape index (κ1) is 17.2. The molecule has 5 nitrogen and oxygen atoms in total. The number of carbonyl (C=O) groups excluding carboxylic acids is 1. The van der Waals surface area contributed by atoms with Crippen LogP contribution >= 0.6 is 7.37 Å². The van der Waals surface area contributed by atoms with Gasteiger partial charge in [0.25, 0.3) is 0 Å². The Labute approximate surface area is 130 Å². The SMILES string of the molecule is CC(C(=O)OC1CCCCC1O)P(=O)(O)Cc1ccccc1. The van der Waals surface area contributed by atoms with Crippen LogP contribution in [0.3, 0.4) is 0 Å². The second-order valence-corrected chi connectivity index (χ2v) is 8.50. The Morgan fingerprint density at radius 1 is 1.32 bits per heavy atom. The molecule has 0 amide bonds. The lowest BCUT2D eigenvalue weighted by Crippen LogP contribution is -2.36. The summed E-state index contributed by atoms with van der Waals surface area (Å²) in [6.07, 6.45) is 1.73. The molecule has 2 rings (SSSR count). The van der Waals surface area contributed by atoms with Gasteiger partial charge in [-0.1, -0.05) is 36.8 Å². The number of ether oxygens (including phenoxy) is 1. The highest BCUT2D eigenvalue weighted by Crippen LogP contribution is 2.50. The Kier molecular flexibility index (Phi) is 5.79. The fourth-order valence-electron chi connectivity index (χ4n) is 2.61. The highest BCUT2D eigenvalue weighted by atomic mass is 31.2. The second-order valence-electron chi connectivity index (χ2n) is 5.90. The van der Waals surface area contributed by atoms with E-state index in [9.17, 15) is 19.4 Å². The van der Waals surface area contributed by atoms with Crippen LogP contribution in [0.5, 0.6) is 0 Å². The van der Waals surface area contributed by atoms with Gasteiger partial charge in [-0.05, 0) is 31.7 Å². The standard InChI is InChI=1S/C16H23O5P/c1-12(16(18)21-15-10-6-5-9-14(15)17)22(19,20)11-13-7-3-2-4-8-13/h2-4,7-8,12,14-15,17H,5-6,9-11H2,1H3,(H,19,20). The molecule has 0 bridgehead atoms. The molecule has 1 aliphatic carbocycles. The Bertz CT molecular complexity index is 545. The summed E-state index contributed by atoms with van der Waals surface area (Å²) in [5.74, 6) is -0.701. The minimum absolute atomic E-state index is 0.0582. The van der Waals surface area contributed by atoms with Crippen LogP contribution in [0.25, 0.3) is 0 Å². The molecule has 1 saturated carbocycles. The molecule has 1 aliphatic rings. The normalized spacial score (nSPS) is 26.0. The number of hydrogen-bond donors (Lipinski definition) is 2. The molecule has 2 N–H and O–H groups in total. The maximum absolute atomic E-state index is 12.4. The zero-order valence-corrected chi connectivity index (χ0v) is 13.6. The van der Waals surface area contributed by atoms with Gasteiger partial charge in [0.15, 0.2) is 0 Å². The van der Waals surface area contributed by atoms with Crippen LogP contribution in [0.2, 0.25) is 0 Å². The van der Waals surface area contributed by atoms with E-state index in [1.807, 2.05) is 6.07 Å². The summed E-state index contributed by atoms with van der Waals surface area (Å²) >= 11 is 0. The fraction of sp³-hybridized carbons (Fsp3) is 0.562. The average molecular weight is 326 g/mol. The van der Waals surface area contributed by atoms with Gasteiger partial charge in [0.2, 0.25) is 7.37 Å². The molecule has 4 atom stereocenters. The van der Waals surface area contributed by atoms with Gasteiger partial charge >= 0.3 is 5.97 Å². The Morgan fingerprint density at radius 3 is 2.59 bits per heavy atom. The molecule has 0 saturated heterocycles. The summed E-state index contributed by atoms with van der Waals surface area (Å²) in [4.78, 5) is 22.3. The van der Waals surface area contributed by atoms with Crippen LogP contribution in [0, 0.1) is 0 Å². The number of benzene rings is 1. The van der Waals surface area contributed by atoms with Crippen molar-refractivity contribution in [2.75, 3.05) is 0 Å². The van der Waals surface area contributed by atoms with Gasteiger partial charge in [0, 0.05) is 0 Å². The molecule has 0 radical (unpaired) electrons. The zero-order chi connectivity index (χ0) is 16.2. The minimum atomic E-state index is -3.71. The maximum atomic E-state index is 12.4. The number of hydrogen-bond acceptors (Lipinski definition) is 4. The van der Waals surface area contributed by atoms with E-state index in [2.05, 4.69) is 0 Å². The number of rotatable bonds is 5. The van der Waals surface area contributed by atoms with Crippen LogP contribution in [0.4, 0.5) is 0 Å². The summed E-state index contributed by atoms with van der Waals surface area (Å²) in [5.41, 5.74) is -0.382. The first-order valence-corrected chi connectivity index (χ1v) is 9.55. The third-order valence-electron chi connectivity index (χ3n) is 4.13. The monoisotopic (exact) mass is 326 g/mol.